The highest BCUT2D eigenvalue weighted by molar-refractivity contribution is 5.99. The lowest BCUT2D eigenvalue weighted by atomic mass is 10.1. The van der Waals surface area contributed by atoms with E-state index in [1.807, 2.05) is 29.9 Å². The summed E-state index contributed by atoms with van der Waals surface area (Å²) >= 11 is 0. The number of benzene rings is 1. The second-order valence-corrected chi connectivity index (χ2v) is 4.42. The maximum atomic E-state index is 12.0. The van der Waals surface area contributed by atoms with Crippen molar-refractivity contribution in [2.75, 3.05) is 7.11 Å². The minimum absolute atomic E-state index is 0.288. The summed E-state index contributed by atoms with van der Waals surface area (Å²) in [5.41, 5.74) is 1.58. The molecule has 2 aromatic rings. The van der Waals surface area contributed by atoms with Gasteiger partial charge in [-0.05, 0) is 31.2 Å². The molecule has 1 N–H and O–H groups in total. The normalized spacial score (nSPS) is 12.2. The average Bonchev–Trinajstić information content (AvgIpc) is 2.78. The number of hydrogen-bond acceptors (Lipinski definition) is 3. The topological polar surface area (TPSA) is 60.3 Å². The number of esters is 1. The van der Waals surface area contributed by atoms with Crippen LogP contribution in [0.25, 0.3) is 10.9 Å². The third-order valence-electron chi connectivity index (χ3n) is 3.05. The molecule has 100 valence electrons. The molecule has 0 spiro atoms. The van der Waals surface area contributed by atoms with E-state index < -0.39 is 12.0 Å². The maximum absolute atomic E-state index is 12.0. The highest BCUT2D eigenvalue weighted by atomic mass is 16.5. The fourth-order valence-corrected chi connectivity index (χ4v) is 1.94. The number of aryl methyl sites for hydroxylation is 1. The van der Waals surface area contributed by atoms with Crippen molar-refractivity contribution in [1.29, 1.82) is 0 Å². The maximum Gasteiger partial charge on any atom is 0.328 e. The number of nitrogens with zero attached hydrogens (tertiary/aromatic N) is 1. The van der Waals surface area contributed by atoms with E-state index in [9.17, 15) is 9.59 Å². The van der Waals surface area contributed by atoms with Crippen LogP contribution in [0.3, 0.4) is 0 Å². The van der Waals surface area contributed by atoms with Gasteiger partial charge in [-0.3, -0.25) is 4.79 Å². The predicted molar refractivity (Wildman–Crippen MR) is 71.9 cm³/mol. The monoisotopic (exact) mass is 260 g/mol. The number of carbonyl (C=O) groups excluding carboxylic acids is 2. The Morgan fingerprint density at radius 2 is 2.05 bits per heavy atom. The van der Waals surface area contributed by atoms with Crippen LogP contribution in [-0.2, 0) is 16.6 Å². The SMILES string of the molecule is COC(=O)[C@H](C)NC(=O)c1ccc2c(ccn2C)c1. The zero-order chi connectivity index (χ0) is 14.0. The molecule has 0 saturated carbocycles. The summed E-state index contributed by atoms with van der Waals surface area (Å²) in [6.45, 7) is 1.59. The van der Waals surface area contributed by atoms with E-state index >= 15 is 0 Å². The highest BCUT2D eigenvalue weighted by Crippen LogP contribution is 2.16. The molecule has 0 bridgehead atoms. The van der Waals surface area contributed by atoms with Crippen LogP contribution in [0.15, 0.2) is 30.5 Å². The largest absolute Gasteiger partial charge is 0.467 e. The Kier molecular flexibility index (Phi) is 3.55. The van der Waals surface area contributed by atoms with Gasteiger partial charge in [-0.2, -0.15) is 0 Å². The van der Waals surface area contributed by atoms with Crippen LogP contribution in [0.2, 0.25) is 0 Å². The third-order valence-corrected chi connectivity index (χ3v) is 3.05. The van der Waals surface area contributed by atoms with Gasteiger partial charge in [0.15, 0.2) is 0 Å². The van der Waals surface area contributed by atoms with E-state index in [1.54, 1.807) is 19.1 Å². The molecule has 5 nitrogen and oxygen atoms in total. The van der Waals surface area contributed by atoms with Gasteiger partial charge in [0, 0.05) is 29.7 Å². The lowest BCUT2D eigenvalue weighted by molar-refractivity contribution is -0.142. The summed E-state index contributed by atoms with van der Waals surface area (Å²) in [5, 5.41) is 3.58. The Morgan fingerprint density at radius 1 is 1.32 bits per heavy atom. The number of aromatic nitrogens is 1. The van der Waals surface area contributed by atoms with Crippen molar-refractivity contribution in [2.45, 2.75) is 13.0 Å². The molecule has 5 heteroatoms. The smallest absolute Gasteiger partial charge is 0.328 e. The minimum Gasteiger partial charge on any atom is -0.467 e. The molecule has 0 aliphatic carbocycles. The second kappa shape index (κ2) is 5.14. The molecule has 0 aliphatic heterocycles. The van der Waals surface area contributed by atoms with Crippen molar-refractivity contribution >= 4 is 22.8 Å². The van der Waals surface area contributed by atoms with Gasteiger partial charge in [0.25, 0.3) is 5.91 Å². The second-order valence-electron chi connectivity index (χ2n) is 4.42. The zero-order valence-corrected chi connectivity index (χ0v) is 11.1. The first kappa shape index (κ1) is 13.1. The van der Waals surface area contributed by atoms with Crippen molar-refractivity contribution in [3.05, 3.63) is 36.0 Å². The van der Waals surface area contributed by atoms with Crippen LogP contribution < -0.4 is 5.32 Å². The molecule has 0 radical (unpaired) electrons. The van der Waals surface area contributed by atoms with Crippen LogP contribution in [0, 0.1) is 0 Å². The highest BCUT2D eigenvalue weighted by Gasteiger charge is 2.17. The zero-order valence-electron chi connectivity index (χ0n) is 11.1. The number of nitrogens with one attached hydrogen (secondary N) is 1. The summed E-state index contributed by atoms with van der Waals surface area (Å²) in [6.07, 6.45) is 1.93. The quantitative estimate of drug-likeness (QED) is 0.850. The Bertz CT molecular complexity index is 631. The molecule has 1 heterocycles. The van der Waals surface area contributed by atoms with Crippen LogP contribution in [0.4, 0.5) is 0 Å². The molecule has 1 aromatic heterocycles. The van der Waals surface area contributed by atoms with Gasteiger partial charge in [0.1, 0.15) is 6.04 Å². The average molecular weight is 260 g/mol. The Balaban J connectivity index is 2.19. The first-order chi connectivity index (χ1) is 9.02. The Morgan fingerprint density at radius 3 is 2.74 bits per heavy atom. The fraction of sp³-hybridized carbons (Fsp3) is 0.286. The molecular formula is C14H16N2O3. The van der Waals surface area contributed by atoms with Crippen molar-refractivity contribution in [2.24, 2.45) is 7.05 Å². The molecular weight excluding hydrogens is 244 g/mol. The van der Waals surface area contributed by atoms with E-state index in [0.29, 0.717) is 5.56 Å². The predicted octanol–water partition coefficient (Wildman–Crippen LogP) is 1.47. The van der Waals surface area contributed by atoms with Crippen molar-refractivity contribution in [3.8, 4) is 0 Å². The molecule has 0 unspecified atom stereocenters. The molecule has 0 aliphatic rings. The van der Waals surface area contributed by atoms with Crippen molar-refractivity contribution in [3.63, 3.8) is 0 Å². The van der Waals surface area contributed by atoms with Gasteiger partial charge in [-0.15, -0.1) is 0 Å². The van der Waals surface area contributed by atoms with Crippen molar-refractivity contribution in [1.82, 2.24) is 9.88 Å². The standard InChI is InChI=1S/C14H16N2O3/c1-9(14(18)19-3)15-13(17)11-4-5-12-10(8-11)6-7-16(12)2/h4-9H,1-3H3,(H,15,17)/t9-/m0/s1. The molecule has 19 heavy (non-hydrogen) atoms. The van der Waals surface area contributed by atoms with E-state index in [0.717, 1.165) is 10.9 Å². The van der Waals surface area contributed by atoms with Crippen LogP contribution >= 0.6 is 0 Å². The number of carbonyl (C=O) groups is 2. The summed E-state index contributed by atoms with van der Waals surface area (Å²) < 4.78 is 6.55. The molecule has 0 fully saturated rings. The summed E-state index contributed by atoms with van der Waals surface area (Å²) in [5.74, 6) is -0.752. The van der Waals surface area contributed by atoms with Gasteiger partial charge in [-0.1, -0.05) is 0 Å². The molecule has 1 atom stereocenters. The van der Waals surface area contributed by atoms with Gasteiger partial charge in [0.2, 0.25) is 0 Å². The number of methoxy groups -OCH3 is 1. The first-order valence-corrected chi connectivity index (χ1v) is 5.96. The molecule has 1 aromatic carbocycles. The van der Waals surface area contributed by atoms with Crippen LogP contribution in [-0.4, -0.2) is 29.6 Å². The third kappa shape index (κ3) is 2.59. The van der Waals surface area contributed by atoms with Gasteiger partial charge in [0.05, 0.1) is 7.11 Å². The molecule has 0 saturated heterocycles. The first-order valence-electron chi connectivity index (χ1n) is 5.96. The Hall–Kier alpha value is -2.30. The van der Waals surface area contributed by atoms with Crippen LogP contribution in [0.1, 0.15) is 17.3 Å². The number of rotatable bonds is 3. The van der Waals surface area contributed by atoms with E-state index in [4.69, 9.17) is 0 Å². The van der Waals surface area contributed by atoms with E-state index in [2.05, 4.69) is 10.1 Å². The van der Waals surface area contributed by atoms with E-state index in [-0.39, 0.29) is 5.91 Å². The van der Waals surface area contributed by atoms with E-state index in [1.165, 1.54) is 7.11 Å². The minimum atomic E-state index is -0.663. The fourth-order valence-electron chi connectivity index (χ4n) is 1.94. The number of ether oxygens (including phenoxy) is 1. The summed E-state index contributed by atoms with van der Waals surface area (Å²) in [6, 6.07) is 6.70. The number of amides is 1. The van der Waals surface area contributed by atoms with Gasteiger partial charge < -0.3 is 14.6 Å². The van der Waals surface area contributed by atoms with Gasteiger partial charge in [-0.25, -0.2) is 4.79 Å². The lowest BCUT2D eigenvalue weighted by Gasteiger charge is -2.11. The Labute approximate surface area is 111 Å². The summed E-state index contributed by atoms with van der Waals surface area (Å²) in [7, 11) is 3.24. The molecule has 2 rings (SSSR count). The van der Waals surface area contributed by atoms with Gasteiger partial charge >= 0.3 is 5.97 Å². The lowest BCUT2D eigenvalue weighted by Crippen LogP contribution is -2.39. The van der Waals surface area contributed by atoms with Crippen LogP contribution in [0.5, 0.6) is 0 Å². The van der Waals surface area contributed by atoms with Crippen molar-refractivity contribution < 1.29 is 14.3 Å². The summed E-state index contributed by atoms with van der Waals surface area (Å²) in [4.78, 5) is 23.3. The number of fused-ring (bicyclic) bond motifs is 1. The molecule has 1 amide bonds. The number of hydrogen-bond donors (Lipinski definition) is 1.